The minimum absolute atomic E-state index is 0.00567. The van der Waals surface area contributed by atoms with Crippen molar-refractivity contribution < 1.29 is 19.1 Å². The van der Waals surface area contributed by atoms with Crippen LogP contribution in [0.15, 0.2) is 42.6 Å². The topological polar surface area (TPSA) is 101 Å². The lowest BCUT2D eigenvalue weighted by Crippen LogP contribution is -2.43. The van der Waals surface area contributed by atoms with Crippen molar-refractivity contribution in [1.29, 1.82) is 0 Å². The Balaban J connectivity index is 1.62. The van der Waals surface area contributed by atoms with Crippen LogP contribution in [0.5, 0.6) is 0 Å². The van der Waals surface area contributed by atoms with Crippen LogP contribution in [-0.4, -0.2) is 48.5 Å². The molecule has 32 heavy (non-hydrogen) atoms. The van der Waals surface area contributed by atoms with E-state index in [9.17, 15) is 14.4 Å². The highest BCUT2D eigenvalue weighted by molar-refractivity contribution is 6.01. The summed E-state index contributed by atoms with van der Waals surface area (Å²) in [5, 5.41) is 5.53. The second kappa shape index (κ2) is 11.4. The van der Waals surface area contributed by atoms with Gasteiger partial charge in [-0.25, -0.2) is 4.98 Å². The second-order valence-electron chi connectivity index (χ2n) is 7.95. The molecule has 1 saturated heterocycles. The summed E-state index contributed by atoms with van der Waals surface area (Å²) < 4.78 is 5.54. The molecule has 2 N–H and O–H groups in total. The number of nitrogens with one attached hydrogen (secondary N) is 2. The Morgan fingerprint density at radius 2 is 1.94 bits per heavy atom. The molecule has 3 rings (SSSR count). The maximum absolute atomic E-state index is 13.0. The van der Waals surface area contributed by atoms with Gasteiger partial charge < -0.3 is 20.3 Å². The number of amides is 3. The van der Waals surface area contributed by atoms with E-state index >= 15 is 0 Å². The van der Waals surface area contributed by atoms with Gasteiger partial charge in [0.25, 0.3) is 0 Å². The summed E-state index contributed by atoms with van der Waals surface area (Å²) in [5.74, 6) is -0.425. The van der Waals surface area contributed by atoms with E-state index in [0.29, 0.717) is 24.7 Å². The summed E-state index contributed by atoms with van der Waals surface area (Å²) in [6.45, 7) is 4.98. The van der Waals surface area contributed by atoms with Gasteiger partial charge in [-0.2, -0.15) is 0 Å². The third-order valence-corrected chi connectivity index (χ3v) is 5.45. The van der Waals surface area contributed by atoms with E-state index in [1.54, 1.807) is 24.4 Å². The van der Waals surface area contributed by atoms with Crippen molar-refractivity contribution in [1.82, 2.24) is 10.3 Å². The fraction of sp³-hybridized carbons (Fsp3) is 0.417. The van der Waals surface area contributed by atoms with E-state index in [1.807, 2.05) is 32.0 Å². The average molecular weight is 439 g/mol. The number of anilines is 2. The van der Waals surface area contributed by atoms with E-state index in [4.69, 9.17) is 4.74 Å². The van der Waals surface area contributed by atoms with Crippen LogP contribution in [0.2, 0.25) is 0 Å². The molecule has 0 unspecified atom stereocenters. The van der Waals surface area contributed by atoms with Crippen LogP contribution in [0, 0.1) is 13.8 Å². The fourth-order valence-corrected chi connectivity index (χ4v) is 3.45. The largest absolute Gasteiger partial charge is 0.376 e. The van der Waals surface area contributed by atoms with Gasteiger partial charge in [0.2, 0.25) is 17.7 Å². The van der Waals surface area contributed by atoms with Crippen LogP contribution < -0.4 is 15.5 Å². The molecule has 0 spiro atoms. The van der Waals surface area contributed by atoms with Crippen LogP contribution in [0.1, 0.15) is 36.8 Å². The molecule has 1 aliphatic heterocycles. The number of carbonyl (C=O) groups is 3. The normalized spacial score (nSPS) is 15.2. The molecular formula is C24H30N4O4. The van der Waals surface area contributed by atoms with Gasteiger partial charge in [-0.15, -0.1) is 0 Å². The number of pyridine rings is 1. The molecule has 2 heterocycles. The Labute approximate surface area is 188 Å². The molecule has 1 aromatic heterocycles. The van der Waals surface area contributed by atoms with Gasteiger partial charge in [0, 0.05) is 37.9 Å². The molecule has 1 aliphatic rings. The maximum Gasteiger partial charge on any atom is 0.240 e. The molecule has 0 radical (unpaired) electrons. The van der Waals surface area contributed by atoms with Crippen molar-refractivity contribution in [3.05, 3.63) is 53.7 Å². The van der Waals surface area contributed by atoms with Crippen LogP contribution in [0.4, 0.5) is 11.5 Å². The quantitative estimate of drug-likeness (QED) is 0.627. The van der Waals surface area contributed by atoms with E-state index in [1.165, 1.54) is 4.90 Å². The molecule has 0 bridgehead atoms. The highest BCUT2D eigenvalue weighted by Gasteiger charge is 2.22. The molecule has 0 aliphatic carbocycles. The first-order valence-corrected chi connectivity index (χ1v) is 10.9. The SMILES string of the molecule is Cc1ccc(N(CC(=O)NC[C@H]2CCCO2)C(=O)CCC(=O)Nc2ccccn2)cc1C. The fourth-order valence-electron chi connectivity index (χ4n) is 3.45. The number of nitrogens with zero attached hydrogens (tertiary/aromatic N) is 2. The highest BCUT2D eigenvalue weighted by Crippen LogP contribution is 2.20. The van der Waals surface area contributed by atoms with Gasteiger partial charge >= 0.3 is 0 Å². The summed E-state index contributed by atoms with van der Waals surface area (Å²) in [6, 6.07) is 10.8. The van der Waals surface area contributed by atoms with Crippen molar-refractivity contribution in [2.45, 2.75) is 45.6 Å². The predicted molar refractivity (Wildman–Crippen MR) is 122 cm³/mol. The molecule has 3 amide bonds. The first-order chi connectivity index (χ1) is 15.4. The molecule has 1 fully saturated rings. The van der Waals surface area contributed by atoms with E-state index in [2.05, 4.69) is 15.6 Å². The number of hydrogen-bond acceptors (Lipinski definition) is 5. The minimum atomic E-state index is -0.306. The molecule has 1 aromatic carbocycles. The van der Waals surface area contributed by atoms with Gasteiger partial charge in [0.15, 0.2) is 0 Å². The zero-order chi connectivity index (χ0) is 22.9. The zero-order valence-electron chi connectivity index (χ0n) is 18.6. The Kier molecular flexibility index (Phi) is 8.33. The lowest BCUT2D eigenvalue weighted by Gasteiger charge is -2.23. The van der Waals surface area contributed by atoms with Crippen LogP contribution in [0.25, 0.3) is 0 Å². The summed E-state index contributed by atoms with van der Waals surface area (Å²) in [4.78, 5) is 43.3. The van der Waals surface area contributed by atoms with Crippen molar-refractivity contribution in [2.75, 3.05) is 29.9 Å². The van der Waals surface area contributed by atoms with E-state index < -0.39 is 0 Å². The molecular weight excluding hydrogens is 408 g/mol. The molecule has 0 saturated carbocycles. The maximum atomic E-state index is 13.0. The molecule has 2 aromatic rings. The third kappa shape index (κ3) is 6.88. The van der Waals surface area contributed by atoms with Crippen LogP contribution >= 0.6 is 0 Å². The van der Waals surface area contributed by atoms with Gasteiger partial charge in [-0.1, -0.05) is 12.1 Å². The summed E-state index contributed by atoms with van der Waals surface area (Å²) in [7, 11) is 0. The number of ether oxygens (including phenoxy) is 1. The van der Waals surface area contributed by atoms with Crippen molar-refractivity contribution in [3.63, 3.8) is 0 Å². The van der Waals surface area contributed by atoms with Crippen molar-refractivity contribution in [2.24, 2.45) is 0 Å². The second-order valence-corrected chi connectivity index (χ2v) is 7.95. The Morgan fingerprint density at radius 1 is 1.09 bits per heavy atom. The molecule has 8 heteroatoms. The Hall–Kier alpha value is -3.26. The number of rotatable bonds is 9. The summed E-state index contributed by atoms with van der Waals surface area (Å²) in [6.07, 6.45) is 3.50. The van der Waals surface area contributed by atoms with Gasteiger partial charge in [-0.05, 0) is 62.1 Å². The van der Waals surface area contributed by atoms with E-state index in [-0.39, 0.29) is 43.2 Å². The average Bonchev–Trinajstić information content (AvgIpc) is 3.31. The number of aromatic nitrogens is 1. The number of aryl methyl sites for hydroxylation is 2. The van der Waals surface area contributed by atoms with Gasteiger partial charge in [0.1, 0.15) is 12.4 Å². The van der Waals surface area contributed by atoms with Crippen molar-refractivity contribution in [3.8, 4) is 0 Å². The molecule has 1 atom stereocenters. The molecule has 170 valence electrons. The third-order valence-electron chi connectivity index (χ3n) is 5.45. The lowest BCUT2D eigenvalue weighted by molar-refractivity contribution is -0.125. The first kappa shape index (κ1) is 23.4. The predicted octanol–water partition coefficient (Wildman–Crippen LogP) is 2.75. The number of hydrogen-bond donors (Lipinski definition) is 2. The van der Waals surface area contributed by atoms with Crippen molar-refractivity contribution >= 4 is 29.2 Å². The lowest BCUT2D eigenvalue weighted by atomic mass is 10.1. The van der Waals surface area contributed by atoms with Crippen LogP contribution in [-0.2, 0) is 19.1 Å². The smallest absolute Gasteiger partial charge is 0.240 e. The Bertz CT molecular complexity index is 942. The van der Waals surface area contributed by atoms with E-state index in [0.717, 1.165) is 24.0 Å². The number of carbonyl (C=O) groups excluding carboxylic acids is 3. The van der Waals surface area contributed by atoms with Gasteiger partial charge in [0.05, 0.1) is 6.10 Å². The Morgan fingerprint density at radius 3 is 2.62 bits per heavy atom. The monoisotopic (exact) mass is 438 g/mol. The molecule has 8 nitrogen and oxygen atoms in total. The van der Waals surface area contributed by atoms with Crippen LogP contribution in [0.3, 0.4) is 0 Å². The number of benzene rings is 1. The zero-order valence-corrected chi connectivity index (χ0v) is 18.6. The highest BCUT2D eigenvalue weighted by atomic mass is 16.5. The first-order valence-electron chi connectivity index (χ1n) is 10.9. The van der Waals surface area contributed by atoms with Gasteiger partial charge in [-0.3, -0.25) is 14.4 Å². The minimum Gasteiger partial charge on any atom is -0.376 e. The standard InChI is InChI=1S/C24H30N4O4/c1-17-8-9-19(14-18(17)2)28(16-23(30)26-15-20-6-5-13-32-20)24(31)11-10-22(29)27-21-7-3-4-12-25-21/h3-4,7-9,12,14,20H,5-6,10-11,13,15-16H2,1-2H3,(H,26,30)(H,25,27,29)/t20-/m1/s1. The summed E-state index contributed by atoms with van der Waals surface area (Å²) in [5.41, 5.74) is 2.75. The summed E-state index contributed by atoms with van der Waals surface area (Å²) >= 11 is 0.